The number of halogens is 4. The molecule has 5 nitrogen and oxygen atoms in total. The summed E-state index contributed by atoms with van der Waals surface area (Å²) >= 11 is 0. The minimum atomic E-state index is -4.89. The third-order valence-electron chi connectivity index (χ3n) is 3.16. The summed E-state index contributed by atoms with van der Waals surface area (Å²) in [7, 11) is 1.36. The van der Waals surface area contributed by atoms with Crippen LogP contribution in [0.15, 0.2) is 30.5 Å². The number of nitrogens with one attached hydrogen (secondary N) is 1. The van der Waals surface area contributed by atoms with Gasteiger partial charge in [-0.05, 0) is 31.2 Å². The number of pyridine rings is 1. The van der Waals surface area contributed by atoms with E-state index in [1.165, 1.54) is 19.4 Å². The number of rotatable bonds is 5. The molecule has 1 amide bonds. The Balaban J connectivity index is 2.14. The standard InChI is InChI=1S/C16H14F4N2O3/c1-9-5-12(14(24-2)8-21-9)15(23)22-7-10-6-11(3-4-13(10)17)25-16(18,19)20/h3-6,8H,7H2,1-2H3,(H,22,23). The van der Waals surface area contributed by atoms with E-state index in [1.807, 2.05) is 0 Å². The zero-order chi connectivity index (χ0) is 18.6. The SMILES string of the molecule is COc1cnc(C)cc1C(=O)NCc1cc(OC(F)(F)F)ccc1F. The maximum atomic E-state index is 13.7. The Hall–Kier alpha value is -2.84. The highest BCUT2D eigenvalue weighted by Gasteiger charge is 2.31. The van der Waals surface area contributed by atoms with Crippen molar-refractivity contribution < 1.29 is 31.8 Å². The smallest absolute Gasteiger partial charge is 0.494 e. The number of ether oxygens (including phenoxy) is 2. The molecule has 2 rings (SSSR count). The molecule has 0 aliphatic rings. The summed E-state index contributed by atoms with van der Waals surface area (Å²) in [4.78, 5) is 16.2. The molecule has 0 radical (unpaired) electrons. The van der Waals surface area contributed by atoms with E-state index >= 15 is 0 Å². The Bertz CT molecular complexity index is 778. The van der Waals surface area contributed by atoms with Gasteiger partial charge in [-0.3, -0.25) is 9.78 Å². The van der Waals surface area contributed by atoms with Crippen LogP contribution in [-0.4, -0.2) is 24.4 Å². The van der Waals surface area contributed by atoms with Gasteiger partial charge in [0.05, 0.1) is 18.9 Å². The molecule has 1 aromatic carbocycles. The van der Waals surface area contributed by atoms with E-state index < -0.39 is 23.8 Å². The molecule has 0 atom stereocenters. The maximum absolute atomic E-state index is 13.7. The molecule has 0 unspecified atom stereocenters. The molecule has 9 heteroatoms. The normalized spacial score (nSPS) is 11.1. The van der Waals surface area contributed by atoms with Crippen LogP contribution in [0.25, 0.3) is 0 Å². The number of carbonyl (C=O) groups excluding carboxylic acids is 1. The lowest BCUT2D eigenvalue weighted by molar-refractivity contribution is -0.274. The fourth-order valence-corrected chi connectivity index (χ4v) is 2.04. The van der Waals surface area contributed by atoms with Crippen LogP contribution in [0.3, 0.4) is 0 Å². The zero-order valence-corrected chi connectivity index (χ0v) is 13.3. The predicted molar refractivity (Wildman–Crippen MR) is 79.8 cm³/mol. The largest absolute Gasteiger partial charge is 0.573 e. The van der Waals surface area contributed by atoms with Gasteiger partial charge in [0.15, 0.2) is 0 Å². The molecular weight excluding hydrogens is 344 g/mol. The fourth-order valence-electron chi connectivity index (χ4n) is 2.04. The van der Waals surface area contributed by atoms with Gasteiger partial charge in [0, 0.05) is 17.8 Å². The van der Waals surface area contributed by atoms with Crippen molar-refractivity contribution in [3.63, 3.8) is 0 Å². The van der Waals surface area contributed by atoms with Crippen LogP contribution in [0.5, 0.6) is 11.5 Å². The minimum Gasteiger partial charge on any atom is -0.494 e. The quantitative estimate of drug-likeness (QED) is 0.833. The van der Waals surface area contributed by atoms with Crippen molar-refractivity contribution in [3.8, 4) is 11.5 Å². The molecule has 0 spiro atoms. The first-order valence-electron chi connectivity index (χ1n) is 7.02. The lowest BCUT2D eigenvalue weighted by atomic mass is 10.1. The Morgan fingerprint density at radius 2 is 2.00 bits per heavy atom. The lowest BCUT2D eigenvalue weighted by Gasteiger charge is -2.12. The highest BCUT2D eigenvalue weighted by atomic mass is 19.4. The van der Waals surface area contributed by atoms with Crippen LogP contribution in [-0.2, 0) is 6.54 Å². The first-order valence-corrected chi connectivity index (χ1v) is 7.02. The van der Waals surface area contributed by atoms with E-state index in [1.54, 1.807) is 6.92 Å². The second-order valence-corrected chi connectivity index (χ2v) is 5.01. The number of benzene rings is 1. The average Bonchev–Trinajstić information content (AvgIpc) is 2.53. The van der Waals surface area contributed by atoms with Gasteiger partial charge in [-0.15, -0.1) is 13.2 Å². The number of hydrogen-bond donors (Lipinski definition) is 1. The van der Waals surface area contributed by atoms with Gasteiger partial charge in [0.2, 0.25) is 0 Å². The number of aromatic nitrogens is 1. The third kappa shape index (κ3) is 5.07. The summed E-state index contributed by atoms with van der Waals surface area (Å²) in [5.74, 6) is -1.70. The Labute approximate surface area is 140 Å². The monoisotopic (exact) mass is 358 g/mol. The molecule has 0 aliphatic carbocycles. The molecule has 1 aromatic heterocycles. The number of hydrogen-bond acceptors (Lipinski definition) is 4. The molecule has 1 N–H and O–H groups in total. The summed E-state index contributed by atoms with van der Waals surface area (Å²) in [6.07, 6.45) is -3.52. The molecule has 0 saturated carbocycles. The summed E-state index contributed by atoms with van der Waals surface area (Å²) in [5.41, 5.74) is 0.593. The highest BCUT2D eigenvalue weighted by Crippen LogP contribution is 2.25. The summed E-state index contributed by atoms with van der Waals surface area (Å²) in [6.45, 7) is 1.35. The second-order valence-electron chi connectivity index (χ2n) is 5.01. The Kier molecular flexibility index (Phi) is 5.45. The fraction of sp³-hybridized carbons (Fsp3) is 0.250. The molecule has 0 fully saturated rings. The number of alkyl halides is 3. The van der Waals surface area contributed by atoms with Crippen molar-refractivity contribution in [1.29, 1.82) is 0 Å². The van der Waals surface area contributed by atoms with Gasteiger partial charge in [-0.2, -0.15) is 0 Å². The Morgan fingerprint density at radius 3 is 2.64 bits per heavy atom. The van der Waals surface area contributed by atoms with Crippen molar-refractivity contribution >= 4 is 5.91 Å². The Morgan fingerprint density at radius 1 is 1.28 bits per heavy atom. The molecule has 2 aromatic rings. The zero-order valence-electron chi connectivity index (χ0n) is 13.3. The molecular formula is C16H14F4N2O3. The summed E-state index contributed by atoms with van der Waals surface area (Å²) < 4.78 is 59.2. The summed E-state index contributed by atoms with van der Waals surface area (Å²) in [6, 6.07) is 4.04. The van der Waals surface area contributed by atoms with E-state index in [0.29, 0.717) is 5.69 Å². The number of amides is 1. The van der Waals surface area contributed by atoms with Crippen molar-refractivity contribution in [2.24, 2.45) is 0 Å². The van der Waals surface area contributed by atoms with Gasteiger partial charge < -0.3 is 14.8 Å². The maximum Gasteiger partial charge on any atom is 0.573 e. The second kappa shape index (κ2) is 7.37. The van der Waals surface area contributed by atoms with E-state index in [0.717, 1.165) is 18.2 Å². The molecule has 0 aliphatic heterocycles. The molecule has 1 heterocycles. The van der Waals surface area contributed by atoms with E-state index in [-0.39, 0.29) is 23.4 Å². The first-order chi connectivity index (χ1) is 11.7. The number of nitrogens with zero attached hydrogens (tertiary/aromatic N) is 1. The van der Waals surface area contributed by atoms with Gasteiger partial charge in [-0.25, -0.2) is 4.39 Å². The van der Waals surface area contributed by atoms with Crippen LogP contribution in [0, 0.1) is 12.7 Å². The van der Waals surface area contributed by atoms with Crippen LogP contribution in [0.1, 0.15) is 21.6 Å². The van der Waals surface area contributed by atoms with Crippen LogP contribution in [0.2, 0.25) is 0 Å². The van der Waals surface area contributed by atoms with E-state index in [9.17, 15) is 22.4 Å². The molecule has 0 bridgehead atoms. The van der Waals surface area contributed by atoms with Gasteiger partial charge in [-0.1, -0.05) is 0 Å². The van der Waals surface area contributed by atoms with Crippen molar-refractivity contribution in [2.75, 3.05) is 7.11 Å². The number of methoxy groups -OCH3 is 1. The minimum absolute atomic E-state index is 0.153. The third-order valence-corrected chi connectivity index (χ3v) is 3.16. The number of aryl methyl sites for hydroxylation is 1. The molecule has 0 saturated heterocycles. The molecule has 134 valence electrons. The predicted octanol–water partition coefficient (Wildman–Crippen LogP) is 3.37. The van der Waals surface area contributed by atoms with Gasteiger partial charge in [0.1, 0.15) is 17.3 Å². The van der Waals surface area contributed by atoms with Crippen molar-refractivity contribution in [2.45, 2.75) is 19.8 Å². The topological polar surface area (TPSA) is 60.5 Å². The van der Waals surface area contributed by atoms with E-state index in [4.69, 9.17) is 4.74 Å². The molecule has 25 heavy (non-hydrogen) atoms. The van der Waals surface area contributed by atoms with E-state index in [2.05, 4.69) is 15.0 Å². The van der Waals surface area contributed by atoms with Crippen LogP contribution in [0.4, 0.5) is 17.6 Å². The van der Waals surface area contributed by atoms with Gasteiger partial charge >= 0.3 is 6.36 Å². The lowest BCUT2D eigenvalue weighted by Crippen LogP contribution is -2.24. The van der Waals surface area contributed by atoms with Crippen LogP contribution < -0.4 is 14.8 Å². The highest BCUT2D eigenvalue weighted by molar-refractivity contribution is 5.96. The van der Waals surface area contributed by atoms with Crippen molar-refractivity contribution in [3.05, 3.63) is 53.1 Å². The van der Waals surface area contributed by atoms with Crippen LogP contribution >= 0.6 is 0 Å². The van der Waals surface area contributed by atoms with Gasteiger partial charge in [0.25, 0.3) is 5.91 Å². The van der Waals surface area contributed by atoms with Crippen molar-refractivity contribution in [1.82, 2.24) is 10.3 Å². The first kappa shape index (κ1) is 18.5. The number of carbonyl (C=O) groups is 1. The average molecular weight is 358 g/mol. The summed E-state index contributed by atoms with van der Waals surface area (Å²) in [5, 5.41) is 2.42.